The maximum absolute atomic E-state index is 12.3. The number of amides is 1. The predicted molar refractivity (Wildman–Crippen MR) is 109 cm³/mol. The molecule has 1 amide bonds. The van der Waals surface area contributed by atoms with Gasteiger partial charge in [0.25, 0.3) is 0 Å². The molecule has 1 aliphatic carbocycles. The number of benzene rings is 1. The average Bonchev–Trinajstić information content (AvgIpc) is 2.72. The lowest BCUT2D eigenvalue weighted by molar-refractivity contribution is -0.115. The molecule has 0 unspecified atom stereocenters. The molecule has 1 aromatic heterocycles. The van der Waals surface area contributed by atoms with Crippen LogP contribution < -0.4 is 14.8 Å². The molecule has 0 spiro atoms. The van der Waals surface area contributed by atoms with Gasteiger partial charge < -0.3 is 14.8 Å². The molecule has 0 radical (unpaired) electrons. The molecule has 6 nitrogen and oxygen atoms in total. The molecule has 1 heterocycles. The largest absolute Gasteiger partial charge is 0.497 e. The first-order chi connectivity index (χ1) is 13.6. The number of nitrogens with zero attached hydrogens (tertiary/aromatic N) is 2. The Hall–Kier alpha value is -2.72. The van der Waals surface area contributed by atoms with Gasteiger partial charge in [0.15, 0.2) is 0 Å². The van der Waals surface area contributed by atoms with Crippen molar-refractivity contribution >= 4 is 23.4 Å². The molecular formula is C21H23N3O3S. The Bertz CT molecular complexity index is 886. The minimum absolute atomic E-state index is 0.112. The summed E-state index contributed by atoms with van der Waals surface area (Å²) in [4.78, 5) is 17.0. The summed E-state index contributed by atoms with van der Waals surface area (Å²) in [5.41, 5.74) is 3.51. The molecule has 3 rings (SSSR count). The Morgan fingerprint density at radius 1 is 1.18 bits per heavy atom. The summed E-state index contributed by atoms with van der Waals surface area (Å²) in [6, 6.07) is 9.43. The fourth-order valence-corrected chi connectivity index (χ4v) is 4.06. The molecule has 28 heavy (non-hydrogen) atoms. The quantitative estimate of drug-likeness (QED) is 0.712. The summed E-state index contributed by atoms with van der Waals surface area (Å²) in [6.45, 7) is 0. The number of hydrogen-bond donors (Lipinski definition) is 1. The SMILES string of the molecule is COc1cc(NC(=O)CCSc2nc3c(cc2C#N)CCCC3)cc(OC)c1. The van der Waals surface area contributed by atoms with Gasteiger partial charge in [-0.1, -0.05) is 0 Å². The van der Waals surface area contributed by atoms with Crippen molar-refractivity contribution in [2.24, 2.45) is 0 Å². The van der Waals surface area contributed by atoms with Crippen LogP contribution in [0.4, 0.5) is 5.69 Å². The average molecular weight is 398 g/mol. The minimum Gasteiger partial charge on any atom is -0.497 e. The van der Waals surface area contributed by atoms with Crippen LogP contribution in [0.2, 0.25) is 0 Å². The first kappa shape index (κ1) is 20.0. The van der Waals surface area contributed by atoms with Crippen molar-refractivity contribution in [1.82, 2.24) is 4.98 Å². The fraction of sp³-hybridized carbons (Fsp3) is 0.381. The van der Waals surface area contributed by atoms with Crippen molar-refractivity contribution < 1.29 is 14.3 Å². The van der Waals surface area contributed by atoms with E-state index in [1.165, 1.54) is 17.3 Å². The lowest BCUT2D eigenvalue weighted by atomic mass is 9.95. The van der Waals surface area contributed by atoms with Gasteiger partial charge in [-0.05, 0) is 37.3 Å². The van der Waals surface area contributed by atoms with Crippen LogP contribution in [0.25, 0.3) is 0 Å². The van der Waals surface area contributed by atoms with Crippen LogP contribution in [-0.2, 0) is 17.6 Å². The molecule has 146 valence electrons. The highest BCUT2D eigenvalue weighted by atomic mass is 32.2. The van der Waals surface area contributed by atoms with Crippen molar-refractivity contribution in [2.45, 2.75) is 37.1 Å². The van der Waals surface area contributed by atoms with Crippen molar-refractivity contribution in [3.63, 3.8) is 0 Å². The lowest BCUT2D eigenvalue weighted by Crippen LogP contribution is -2.12. The third-order valence-electron chi connectivity index (χ3n) is 4.59. The molecule has 1 N–H and O–H groups in total. The van der Waals surface area contributed by atoms with E-state index in [-0.39, 0.29) is 5.91 Å². The molecule has 1 aromatic carbocycles. The summed E-state index contributed by atoms with van der Waals surface area (Å²) in [7, 11) is 3.13. The van der Waals surface area contributed by atoms with Crippen molar-refractivity contribution in [2.75, 3.05) is 25.3 Å². The van der Waals surface area contributed by atoms with Crippen molar-refractivity contribution in [3.05, 3.63) is 41.1 Å². The van der Waals surface area contributed by atoms with Gasteiger partial charge in [-0.15, -0.1) is 11.8 Å². The highest BCUT2D eigenvalue weighted by Gasteiger charge is 2.16. The van der Waals surface area contributed by atoms with Crippen molar-refractivity contribution in [3.8, 4) is 17.6 Å². The second kappa shape index (κ2) is 9.47. The number of thioether (sulfide) groups is 1. The van der Waals surface area contributed by atoms with Gasteiger partial charge in [-0.25, -0.2) is 4.98 Å². The van der Waals surface area contributed by atoms with E-state index in [9.17, 15) is 10.1 Å². The Kier molecular flexibility index (Phi) is 6.77. The van der Waals surface area contributed by atoms with E-state index < -0.39 is 0 Å². The smallest absolute Gasteiger partial charge is 0.225 e. The summed E-state index contributed by atoms with van der Waals surface area (Å²) in [5.74, 6) is 1.66. The number of nitriles is 1. The van der Waals surface area contributed by atoms with Crippen LogP contribution in [0, 0.1) is 11.3 Å². The molecule has 2 aromatic rings. The standard InChI is InChI=1S/C21H23N3O3S/c1-26-17-10-16(11-18(12-17)27-2)23-20(25)7-8-28-21-15(13-22)9-14-5-3-4-6-19(14)24-21/h9-12H,3-8H2,1-2H3,(H,23,25). The molecule has 7 heteroatoms. The zero-order valence-electron chi connectivity index (χ0n) is 16.1. The van der Waals surface area contributed by atoms with Gasteiger partial charge >= 0.3 is 0 Å². The van der Waals surface area contributed by atoms with E-state index in [0.717, 1.165) is 36.4 Å². The van der Waals surface area contributed by atoms with E-state index in [2.05, 4.69) is 16.4 Å². The van der Waals surface area contributed by atoms with Crippen LogP contribution in [0.5, 0.6) is 11.5 Å². The van der Waals surface area contributed by atoms with Crippen LogP contribution in [0.15, 0.2) is 29.3 Å². The van der Waals surface area contributed by atoms with E-state index in [1.807, 2.05) is 6.07 Å². The summed E-state index contributed by atoms with van der Waals surface area (Å²) >= 11 is 1.45. The molecule has 0 aliphatic heterocycles. The molecule has 0 saturated carbocycles. The van der Waals surface area contributed by atoms with Gasteiger partial charge in [0, 0.05) is 41.8 Å². The van der Waals surface area contributed by atoms with Crippen LogP contribution in [0.1, 0.15) is 36.1 Å². The van der Waals surface area contributed by atoms with Crippen LogP contribution in [-0.4, -0.2) is 30.9 Å². The van der Waals surface area contributed by atoms with E-state index in [4.69, 9.17) is 9.47 Å². The summed E-state index contributed by atoms with van der Waals surface area (Å²) < 4.78 is 10.4. The first-order valence-electron chi connectivity index (χ1n) is 9.21. The topological polar surface area (TPSA) is 84.2 Å². The number of nitrogens with one attached hydrogen (secondary N) is 1. The zero-order valence-corrected chi connectivity index (χ0v) is 16.9. The number of rotatable bonds is 7. The van der Waals surface area contributed by atoms with Crippen LogP contribution >= 0.6 is 11.8 Å². The Morgan fingerprint density at radius 2 is 1.89 bits per heavy atom. The number of carbonyl (C=O) groups is 1. The second-order valence-corrected chi connectivity index (χ2v) is 7.60. The number of ether oxygens (including phenoxy) is 2. The van der Waals surface area contributed by atoms with Crippen molar-refractivity contribution in [1.29, 1.82) is 5.26 Å². The summed E-state index contributed by atoms with van der Waals surface area (Å²) in [5, 5.41) is 13.0. The maximum atomic E-state index is 12.3. The number of aromatic nitrogens is 1. The number of hydrogen-bond acceptors (Lipinski definition) is 6. The minimum atomic E-state index is -0.112. The van der Waals surface area contributed by atoms with E-state index in [0.29, 0.717) is 34.9 Å². The third-order valence-corrected chi connectivity index (χ3v) is 5.58. The number of methoxy groups -OCH3 is 2. The van der Waals surface area contributed by atoms with Gasteiger partial charge in [-0.3, -0.25) is 4.79 Å². The Labute approximate surface area is 169 Å². The molecule has 0 bridgehead atoms. The van der Waals surface area contributed by atoms with Crippen LogP contribution in [0.3, 0.4) is 0 Å². The highest BCUT2D eigenvalue weighted by molar-refractivity contribution is 7.99. The number of pyridine rings is 1. The number of anilines is 1. The van der Waals surface area contributed by atoms with E-state index in [1.54, 1.807) is 32.4 Å². The van der Waals surface area contributed by atoms with Gasteiger partial charge in [0.1, 0.15) is 22.6 Å². The fourth-order valence-electron chi connectivity index (χ4n) is 3.15. The van der Waals surface area contributed by atoms with E-state index >= 15 is 0 Å². The molecule has 0 atom stereocenters. The maximum Gasteiger partial charge on any atom is 0.225 e. The third kappa shape index (κ3) is 4.96. The number of fused-ring (bicyclic) bond motifs is 1. The first-order valence-corrected chi connectivity index (χ1v) is 10.2. The Morgan fingerprint density at radius 3 is 2.57 bits per heavy atom. The molecule has 0 saturated heterocycles. The van der Waals surface area contributed by atoms with Gasteiger partial charge in [-0.2, -0.15) is 5.26 Å². The molecule has 1 aliphatic rings. The monoisotopic (exact) mass is 397 g/mol. The highest BCUT2D eigenvalue weighted by Crippen LogP contribution is 2.28. The second-order valence-electron chi connectivity index (χ2n) is 6.51. The zero-order chi connectivity index (χ0) is 19.9. The number of aryl methyl sites for hydroxylation is 2. The Balaban J connectivity index is 1.59. The molecular weight excluding hydrogens is 374 g/mol. The normalized spacial score (nSPS) is 12.6. The van der Waals surface area contributed by atoms with Gasteiger partial charge in [0.05, 0.1) is 19.8 Å². The summed E-state index contributed by atoms with van der Waals surface area (Å²) in [6.07, 6.45) is 4.57. The van der Waals surface area contributed by atoms with Gasteiger partial charge in [0.2, 0.25) is 5.91 Å². The lowest BCUT2D eigenvalue weighted by Gasteiger charge is -2.16. The number of carbonyl (C=O) groups excluding carboxylic acids is 1. The molecule has 0 fully saturated rings. The predicted octanol–water partition coefficient (Wildman–Crippen LogP) is 3.97.